The monoisotopic (exact) mass is 250 g/mol. The number of nitrogens with one attached hydrogen (secondary N) is 1. The summed E-state index contributed by atoms with van der Waals surface area (Å²) in [4.78, 5) is 4.19. The summed E-state index contributed by atoms with van der Waals surface area (Å²) in [5, 5.41) is 4.09. The molecular formula is C13H15ClN2O. The van der Waals surface area contributed by atoms with Crippen LogP contribution >= 0.6 is 11.6 Å². The number of oxazole rings is 1. The van der Waals surface area contributed by atoms with E-state index in [0.29, 0.717) is 5.89 Å². The zero-order valence-corrected chi connectivity index (χ0v) is 10.7. The lowest BCUT2D eigenvalue weighted by molar-refractivity contribution is 0.402. The van der Waals surface area contributed by atoms with Crippen molar-refractivity contribution in [1.82, 2.24) is 10.3 Å². The lowest BCUT2D eigenvalue weighted by Crippen LogP contribution is -2.18. The summed E-state index contributed by atoms with van der Waals surface area (Å²) in [7, 11) is 0. The Morgan fingerprint density at radius 2 is 2.29 bits per heavy atom. The second-order valence-corrected chi connectivity index (χ2v) is 4.48. The molecule has 17 heavy (non-hydrogen) atoms. The van der Waals surface area contributed by atoms with E-state index in [9.17, 15) is 0 Å². The zero-order chi connectivity index (χ0) is 12.3. The molecule has 0 fully saturated rings. The van der Waals surface area contributed by atoms with E-state index < -0.39 is 0 Å². The fourth-order valence-electron chi connectivity index (χ4n) is 1.58. The highest BCUT2D eigenvalue weighted by molar-refractivity contribution is 6.30. The van der Waals surface area contributed by atoms with Crippen molar-refractivity contribution in [3.05, 3.63) is 52.7 Å². The van der Waals surface area contributed by atoms with Gasteiger partial charge in [-0.2, -0.15) is 0 Å². The van der Waals surface area contributed by atoms with Crippen LogP contribution < -0.4 is 5.32 Å². The van der Waals surface area contributed by atoms with Gasteiger partial charge in [-0.25, -0.2) is 4.98 Å². The Hall–Kier alpha value is -1.32. The molecule has 1 aromatic carbocycles. The van der Waals surface area contributed by atoms with Crippen LogP contribution in [-0.4, -0.2) is 4.98 Å². The van der Waals surface area contributed by atoms with Crippen LogP contribution in [0.25, 0.3) is 0 Å². The summed E-state index contributed by atoms with van der Waals surface area (Å²) in [6.45, 7) is 4.65. The Bertz CT molecular complexity index is 496. The summed E-state index contributed by atoms with van der Waals surface area (Å²) in [5.74, 6) is 1.54. The molecule has 0 aliphatic heterocycles. The summed E-state index contributed by atoms with van der Waals surface area (Å²) in [6.07, 6.45) is 1.73. The van der Waals surface area contributed by atoms with Crippen molar-refractivity contribution in [3.63, 3.8) is 0 Å². The molecule has 1 unspecified atom stereocenters. The van der Waals surface area contributed by atoms with Crippen LogP contribution in [0, 0.1) is 6.92 Å². The first kappa shape index (κ1) is 12.1. The molecule has 1 heterocycles. The number of benzene rings is 1. The highest BCUT2D eigenvalue weighted by Gasteiger charge is 2.10. The Balaban J connectivity index is 1.94. The molecule has 0 amide bonds. The highest BCUT2D eigenvalue weighted by atomic mass is 35.5. The quantitative estimate of drug-likeness (QED) is 0.903. The third-order valence-corrected chi connectivity index (χ3v) is 2.75. The summed E-state index contributed by atoms with van der Waals surface area (Å²) >= 11 is 5.92. The summed E-state index contributed by atoms with van der Waals surface area (Å²) in [6, 6.07) is 7.88. The smallest absolute Gasteiger partial charge is 0.211 e. The minimum absolute atomic E-state index is 0.0858. The Morgan fingerprint density at radius 1 is 1.47 bits per heavy atom. The second kappa shape index (κ2) is 5.34. The van der Waals surface area contributed by atoms with Gasteiger partial charge in [0.15, 0.2) is 0 Å². The molecule has 0 saturated heterocycles. The summed E-state index contributed by atoms with van der Waals surface area (Å²) in [5.41, 5.74) is 1.15. The molecule has 2 aromatic rings. The zero-order valence-electron chi connectivity index (χ0n) is 9.90. The van der Waals surface area contributed by atoms with E-state index in [0.717, 1.165) is 22.9 Å². The number of aryl methyl sites for hydroxylation is 1. The van der Waals surface area contributed by atoms with Crippen molar-refractivity contribution in [2.75, 3.05) is 0 Å². The first-order valence-electron chi connectivity index (χ1n) is 5.55. The van der Waals surface area contributed by atoms with Crippen LogP contribution in [0.2, 0.25) is 5.02 Å². The molecule has 1 aromatic heterocycles. The van der Waals surface area contributed by atoms with Crippen LogP contribution in [0.3, 0.4) is 0 Å². The number of hydrogen-bond acceptors (Lipinski definition) is 3. The maximum absolute atomic E-state index is 5.92. The van der Waals surface area contributed by atoms with Gasteiger partial charge in [-0.05, 0) is 31.5 Å². The third-order valence-electron chi connectivity index (χ3n) is 2.51. The van der Waals surface area contributed by atoms with Gasteiger partial charge < -0.3 is 9.73 Å². The normalized spacial score (nSPS) is 12.6. The molecule has 0 saturated carbocycles. The van der Waals surface area contributed by atoms with Crippen LogP contribution in [0.1, 0.15) is 30.2 Å². The minimum atomic E-state index is 0.0858. The molecule has 90 valence electrons. The van der Waals surface area contributed by atoms with Crippen LogP contribution in [-0.2, 0) is 6.54 Å². The van der Waals surface area contributed by atoms with Gasteiger partial charge in [0.05, 0.1) is 12.2 Å². The van der Waals surface area contributed by atoms with Crippen molar-refractivity contribution in [1.29, 1.82) is 0 Å². The van der Waals surface area contributed by atoms with E-state index in [1.165, 1.54) is 0 Å². The van der Waals surface area contributed by atoms with Gasteiger partial charge in [-0.1, -0.05) is 23.7 Å². The third kappa shape index (κ3) is 3.32. The van der Waals surface area contributed by atoms with Gasteiger partial charge in [0.2, 0.25) is 5.89 Å². The molecule has 0 radical (unpaired) electrons. The van der Waals surface area contributed by atoms with Gasteiger partial charge in [0, 0.05) is 11.6 Å². The predicted molar refractivity (Wildman–Crippen MR) is 67.9 cm³/mol. The van der Waals surface area contributed by atoms with Crippen molar-refractivity contribution in [2.24, 2.45) is 0 Å². The largest absolute Gasteiger partial charge is 0.444 e. The number of aromatic nitrogens is 1. The van der Waals surface area contributed by atoms with Crippen LogP contribution in [0.15, 0.2) is 34.9 Å². The second-order valence-electron chi connectivity index (χ2n) is 4.04. The van der Waals surface area contributed by atoms with E-state index in [1.54, 1.807) is 6.20 Å². The fourth-order valence-corrected chi connectivity index (χ4v) is 1.79. The topological polar surface area (TPSA) is 38.1 Å². The standard InChI is InChI=1S/C13H15ClN2O/c1-9-7-16-13(17-9)10(2)15-8-11-4-3-5-12(14)6-11/h3-7,10,15H,8H2,1-2H3. The molecule has 0 aliphatic rings. The van der Waals surface area contributed by atoms with Crippen molar-refractivity contribution < 1.29 is 4.42 Å². The molecule has 3 nitrogen and oxygen atoms in total. The molecule has 1 N–H and O–H groups in total. The molecular weight excluding hydrogens is 236 g/mol. The summed E-state index contributed by atoms with van der Waals surface area (Å²) < 4.78 is 5.46. The number of rotatable bonds is 4. The average Bonchev–Trinajstić information content (AvgIpc) is 2.73. The van der Waals surface area contributed by atoms with Gasteiger partial charge in [-0.3, -0.25) is 0 Å². The predicted octanol–water partition coefficient (Wildman–Crippen LogP) is 3.49. The number of halogens is 1. The molecule has 0 aliphatic carbocycles. The number of hydrogen-bond donors (Lipinski definition) is 1. The van der Waals surface area contributed by atoms with E-state index in [2.05, 4.69) is 10.3 Å². The molecule has 1 atom stereocenters. The van der Waals surface area contributed by atoms with Crippen LogP contribution in [0.5, 0.6) is 0 Å². The molecule has 0 spiro atoms. The van der Waals surface area contributed by atoms with Gasteiger partial charge >= 0.3 is 0 Å². The average molecular weight is 251 g/mol. The Morgan fingerprint density at radius 3 is 2.94 bits per heavy atom. The first-order chi connectivity index (χ1) is 8.15. The SMILES string of the molecule is Cc1cnc(C(C)NCc2cccc(Cl)c2)o1. The Kier molecular flexibility index (Phi) is 3.82. The van der Waals surface area contributed by atoms with E-state index in [-0.39, 0.29) is 6.04 Å². The maximum Gasteiger partial charge on any atom is 0.211 e. The number of nitrogens with zero attached hydrogens (tertiary/aromatic N) is 1. The molecule has 4 heteroatoms. The van der Waals surface area contributed by atoms with Crippen molar-refractivity contribution in [3.8, 4) is 0 Å². The molecule has 2 rings (SSSR count). The first-order valence-corrected chi connectivity index (χ1v) is 5.93. The van der Waals surface area contributed by atoms with Crippen LogP contribution in [0.4, 0.5) is 0 Å². The lowest BCUT2D eigenvalue weighted by atomic mass is 10.2. The van der Waals surface area contributed by atoms with Gasteiger partial charge in [0.25, 0.3) is 0 Å². The van der Waals surface area contributed by atoms with E-state index in [1.807, 2.05) is 38.1 Å². The highest BCUT2D eigenvalue weighted by Crippen LogP contribution is 2.14. The van der Waals surface area contributed by atoms with Gasteiger partial charge in [-0.15, -0.1) is 0 Å². The van der Waals surface area contributed by atoms with Crippen molar-refractivity contribution in [2.45, 2.75) is 26.4 Å². The fraction of sp³-hybridized carbons (Fsp3) is 0.308. The maximum atomic E-state index is 5.92. The van der Waals surface area contributed by atoms with Crippen molar-refractivity contribution >= 4 is 11.6 Å². The van der Waals surface area contributed by atoms with E-state index in [4.69, 9.17) is 16.0 Å². The van der Waals surface area contributed by atoms with Gasteiger partial charge in [0.1, 0.15) is 5.76 Å². The molecule has 0 bridgehead atoms. The minimum Gasteiger partial charge on any atom is -0.444 e. The lowest BCUT2D eigenvalue weighted by Gasteiger charge is -2.10. The Labute approximate surface area is 106 Å². The van der Waals surface area contributed by atoms with E-state index >= 15 is 0 Å².